The number of hydrogen-bond acceptors (Lipinski definition) is 5. The summed E-state index contributed by atoms with van der Waals surface area (Å²) in [5, 5.41) is 6.75. The lowest BCUT2D eigenvalue weighted by Crippen LogP contribution is -2.11. The molecule has 1 aromatic carbocycles. The van der Waals surface area contributed by atoms with Crippen LogP contribution < -0.4 is 5.32 Å². The van der Waals surface area contributed by atoms with Gasteiger partial charge in [0.2, 0.25) is 17.6 Å². The van der Waals surface area contributed by atoms with Crippen LogP contribution in [0.2, 0.25) is 0 Å². The van der Waals surface area contributed by atoms with E-state index in [0.29, 0.717) is 36.7 Å². The number of aryl methyl sites for hydroxylation is 1. The molecular weight excluding hydrogens is 292 g/mol. The Morgan fingerprint density at radius 3 is 2.70 bits per heavy atom. The summed E-state index contributed by atoms with van der Waals surface area (Å²) in [6.45, 7) is 0. The lowest BCUT2D eigenvalue weighted by atomic mass is 10.2. The highest BCUT2D eigenvalue weighted by molar-refractivity contribution is 5.90. The molecule has 1 N–H and O–H groups in total. The molecule has 0 spiro atoms. The Balaban J connectivity index is 1.48. The van der Waals surface area contributed by atoms with E-state index in [1.807, 2.05) is 48.5 Å². The van der Waals surface area contributed by atoms with Crippen molar-refractivity contribution in [1.82, 2.24) is 15.1 Å². The zero-order valence-electron chi connectivity index (χ0n) is 12.5. The van der Waals surface area contributed by atoms with Gasteiger partial charge < -0.3 is 9.84 Å². The maximum Gasteiger partial charge on any atom is 0.227 e. The maximum absolute atomic E-state index is 11.8. The number of pyridine rings is 1. The second-order valence-electron chi connectivity index (χ2n) is 4.99. The van der Waals surface area contributed by atoms with Crippen LogP contribution >= 0.6 is 0 Å². The van der Waals surface area contributed by atoms with Crippen LogP contribution in [-0.2, 0) is 11.2 Å². The lowest BCUT2D eigenvalue weighted by molar-refractivity contribution is -0.116. The topological polar surface area (TPSA) is 80.9 Å². The van der Waals surface area contributed by atoms with Crippen LogP contribution in [0.4, 0.5) is 5.69 Å². The van der Waals surface area contributed by atoms with Crippen molar-refractivity contribution >= 4 is 11.6 Å². The van der Waals surface area contributed by atoms with Crippen molar-refractivity contribution in [2.24, 2.45) is 0 Å². The average molecular weight is 308 g/mol. The van der Waals surface area contributed by atoms with Gasteiger partial charge in [0.05, 0.1) is 0 Å². The van der Waals surface area contributed by atoms with E-state index in [9.17, 15) is 4.79 Å². The fraction of sp³-hybridized carbons (Fsp3) is 0.176. The molecule has 0 aliphatic carbocycles. The fourth-order valence-electron chi connectivity index (χ4n) is 2.10. The quantitative estimate of drug-likeness (QED) is 0.756. The van der Waals surface area contributed by atoms with Gasteiger partial charge in [-0.2, -0.15) is 4.98 Å². The van der Waals surface area contributed by atoms with Gasteiger partial charge in [-0.05, 0) is 30.7 Å². The minimum absolute atomic E-state index is 0.0272. The summed E-state index contributed by atoms with van der Waals surface area (Å²) in [5.74, 6) is 0.952. The number of amides is 1. The van der Waals surface area contributed by atoms with Crippen LogP contribution in [0.5, 0.6) is 0 Å². The van der Waals surface area contributed by atoms with Crippen LogP contribution in [0.3, 0.4) is 0 Å². The molecule has 6 heteroatoms. The van der Waals surface area contributed by atoms with E-state index in [4.69, 9.17) is 4.52 Å². The summed E-state index contributed by atoms with van der Waals surface area (Å²) in [6.07, 6.45) is 3.28. The maximum atomic E-state index is 11.8. The number of benzene rings is 1. The molecule has 116 valence electrons. The summed E-state index contributed by atoms with van der Waals surface area (Å²) in [4.78, 5) is 20.3. The molecule has 1 amide bonds. The van der Waals surface area contributed by atoms with Gasteiger partial charge in [-0.1, -0.05) is 29.4 Å². The van der Waals surface area contributed by atoms with Crippen LogP contribution in [0, 0.1) is 0 Å². The summed E-state index contributed by atoms with van der Waals surface area (Å²) >= 11 is 0. The van der Waals surface area contributed by atoms with E-state index >= 15 is 0 Å². The van der Waals surface area contributed by atoms with Crippen LogP contribution in [0.1, 0.15) is 18.7 Å². The van der Waals surface area contributed by atoms with Gasteiger partial charge in [-0.25, -0.2) is 0 Å². The molecule has 3 aromatic rings. The molecule has 2 heterocycles. The molecule has 3 rings (SSSR count). The molecule has 6 nitrogen and oxygen atoms in total. The molecule has 23 heavy (non-hydrogen) atoms. The molecule has 0 saturated heterocycles. The zero-order valence-corrected chi connectivity index (χ0v) is 12.5. The van der Waals surface area contributed by atoms with E-state index in [1.54, 1.807) is 6.20 Å². The first-order valence-corrected chi connectivity index (χ1v) is 7.40. The van der Waals surface area contributed by atoms with Crippen molar-refractivity contribution in [2.75, 3.05) is 5.32 Å². The highest BCUT2D eigenvalue weighted by Gasteiger charge is 2.10. The molecule has 0 bridgehead atoms. The number of rotatable bonds is 6. The molecule has 0 radical (unpaired) electrons. The minimum Gasteiger partial charge on any atom is -0.339 e. The van der Waals surface area contributed by atoms with E-state index in [1.165, 1.54) is 0 Å². The molecule has 2 aromatic heterocycles. The first kappa shape index (κ1) is 14.9. The minimum atomic E-state index is -0.0272. The van der Waals surface area contributed by atoms with Gasteiger partial charge in [-0.15, -0.1) is 0 Å². The highest BCUT2D eigenvalue weighted by Crippen LogP contribution is 2.13. The first-order valence-electron chi connectivity index (χ1n) is 7.40. The Bertz CT molecular complexity index is 757. The number of nitrogens with one attached hydrogen (secondary N) is 1. The normalized spacial score (nSPS) is 10.4. The first-order chi connectivity index (χ1) is 11.3. The monoisotopic (exact) mass is 308 g/mol. The summed E-state index contributed by atoms with van der Waals surface area (Å²) in [7, 11) is 0. The summed E-state index contributed by atoms with van der Waals surface area (Å²) in [6, 6.07) is 14.9. The van der Waals surface area contributed by atoms with E-state index in [0.717, 1.165) is 5.69 Å². The lowest BCUT2D eigenvalue weighted by Gasteiger charge is -2.03. The Morgan fingerprint density at radius 1 is 1.09 bits per heavy atom. The van der Waals surface area contributed by atoms with Crippen molar-refractivity contribution < 1.29 is 9.32 Å². The van der Waals surface area contributed by atoms with Crippen LogP contribution in [0.25, 0.3) is 11.5 Å². The number of nitrogens with zero attached hydrogens (tertiary/aromatic N) is 3. The average Bonchev–Trinajstić information content (AvgIpc) is 3.05. The van der Waals surface area contributed by atoms with Gasteiger partial charge in [0.25, 0.3) is 0 Å². The van der Waals surface area contributed by atoms with Gasteiger partial charge in [0, 0.05) is 24.7 Å². The Hall–Kier alpha value is -3.02. The third-order valence-corrected chi connectivity index (χ3v) is 3.21. The number of carbonyl (C=O) groups excluding carboxylic acids is 1. The summed E-state index contributed by atoms with van der Waals surface area (Å²) in [5.41, 5.74) is 1.47. The highest BCUT2D eigenvalue weighted by atomic mass is 16.5. The molecule has 0 unspecified atom stereocenters. The van der Waals surface area contributed by atoms with Crippen LogP contribution in [-0.4, -0.2) is 21.0 Å². The predicted molar refractivity (Wildman–Crippen MR) is 85.5 cm³/mol. The number of aromatic nitrogens is 3. The van der Waals surface area contributed by atoms with Crippen LogP contribution in [0.15, 0.2) is 59.3 Å². The number of para-hydroxylation sites is 1. The van der Waals surface area contributed by atoms with Gasteiger partial charge in [-0.3, -0.25) is 9.78 Å². The number of carbonyl (C=O) groups is 1. The third-order valence-electron chi connectivity index (χ3n) is 3.21. The predicted octanol–water partition coefficient (Wildman–Crippen LogP) is 3.09. The van der Waals surface area contributed by atoms with E-state index < -0.39 is 0 Å². The van der Waals surface area contributed by atoms with E-state index in [2.05, 4.69) is 20.4 Å². The van der Waals surface area contributed by atoms with Crippen molar-refractivity contribution in [3.63, 3.8) is 0 Å². The fourth-order valence-corrected chi connectivity index (χ4v) is 2.10. The third kappa shape index (κ3) is 4.23. The largest absolute Gasteiger partial charge is 0.339 e. The SMILES string of the molecule is O=C(CCCc1nc(-c2ccccn2)no1)Nc1ccccc1. The number of hydrogen-bond donors (Lipinski definition) is 1. The van der Waals surface area contributed by atoms with Gasteiger partial charge in [0.15, 0.2) is 0 Å². The zero-order chi connectivity index (χ0) is 15.9. The molecule has 0 saturated carbocycles. The summed E-state index contributed by atoms with van der Waals surface area (Å²) < 4.78 is 5.19. The molecule has 0 atom stereocenters. The molecular formula is C17H16N4O2. The Kier molecular flexibility index (Phi) is 4.73. The Morgan fingerprint density at radius 2 is 1.91 bits per heavy atom. The second kappa shape index (κ2) is 7.31. The second-order valence-corrected chi connectivity index (χ2v) is 4.99. The standard InChI is InChI=1S/C17H16N4O2/c22-15(19-13-7-2-1-3-8-13)10-6-11-16-20-17(21-23-16)14-9-4-5-12-18-14/h1-5,7-9,12H,6,10-11H2,(H,19,22). The smallest absolute Gasteiger partial charge is 0.227 e. The molecule has 0 aliphatic rings. The Labute approximate surface area is 133 Å². The van der Waals surface area contributed by atoms with Crippen molar-refractivity contribution in [1.29, 1.82) is 0 Å². The van der Waals surface area contributed by atoms with E-state index in [-0.39, 0.29) is 5.91 Å². The molecule has 0 aliphatic heterocycles. The van der Waals surface area contributed by atoms with Crippen molar-refractivity contribution in [3.8, 4) is 11.5 Å². The molecule has 0 fully saturated rings. The van der Waals surface area contributed by atoms with Crippen molar-refractivity contribution in [3.05, 3.63) is 60.6 Å². The van der Waals surface area contributed by atoms with Gasteiger partial charge >= 0.3 is 0 Å². The van der Waals surface area contributed by atoms with Crippen molar-refractivity contribution in [2.45, 2.75) is 19.3 Å². The van der Waals surface area contributed by atoms with Gasteiger partial charge in [0.1, 0.15) is 5.69 Å². The number of anilines is 1.